The molecule has 0 saturated heterocycles. The molecule has 2 amide bonds. The average molecular weight is 240 g/mol. The summed E-state index contributed by atoms with van der Waals surface area (Å²) in [7, 11) is 0. The van der Waals surface area contributed by atoms with Crippen molar-refractivity contribution >= 4 is 22.7 Å². The number of benzene rings is 1. The maximum absolute atomic E-state index is 11.9. The largest absolute Gasteiger partial charge is 0.273 e. The van der Waals surface area contributed by atoms with Gasteiger partial charge in [-0.2, -0.15) is 5.01 Å². The Morgan fingerprint density at radius 1 is 0.778 bits per heavy atom. The topological polar surface area (TPSA) is 59.4 Å². The van der Waals surface area contributed by atoms with Crippen LogP contribution in [0.2, 0.25) is 0 Å². The zero-order valence-electron chi connectivity index (χ0n) is 9.24. The number of hydrogen-bond donors (Lipinski definition) is 0. The molecule has 0 radical (unpaired) electrons. The Morgan fingerprint density at radius 2 is 1.44 bits per heavy atom. The first-order valence-electron chi connectivity index (χ1n) is 5.36. The van der Waals surface area contributed by atoms with E-state index in [1.54, 1.807) is 18.2 Å². The number of nitrogens with zero attached hydrogens (tertiary/aromatic N) is 2. The number of carbonyl (C=O) groups is 2. The van der Waals surface area contributed by atoms with Gasteiger partial charge in [-0.1, -0.05) is 18.2 Å². The molecule has 0 aliphatic carbocycles. The molecule has 0 fully saturated rings. The number of imide groups is 1. The smallest absolute Gasteiger partial charge is 0.267 e. The second-order valence-electron chi connectivity index (χ2n) is 3.86. The highest BCUT2D eigenvalue weighted by Crippen LogP contribution is 2.13. The van der Waals surface area contributed by atoms with Crippen LogP contribution in [0.15, 0.2) is 53.3 Å². The van der Waals surface area contributed by atoms with Crippen LogP contribution in [0.3, 0.4) is 0 Å². The molecule has 0 N–H and O–H groups in total. The van der Waals surface area contributed by atoms with Gasteiger partial charge in [0.25, 0.3) is 17.4 Å². The van der Waals surface area contributed by atoms with Gasteiger partial charge in [-0.15, -0.1) is 0 Å². The lowest BCUT2D eigenvalue weighted by molar-refractivity contribution is -0.122. The third kappa shape index (κ3) is 1.37. The van der Waals surface area contributed by atoms with E-state index < -0.39 is 17.4 Å². The minimum atomic E-state index is -0.515. The van der Waals surface area contributed by atoms with Crippen LogP contribution >= 0.6 is 0 Å². The van der Waals surface area contributed by atoms with Crippen molar-refractivity contribution in [1.29, 1.82) is 0 Å². The van der Waals surface area contributed by atoms with Gasteiger partial charge in [0.1, 0.15) is 0 Å². The number of carbonyl (C=O) groups excluding carboxylic acids is 2. The van der Waals surface area contributed by atoms with Crippen molar-refractivity contribution in [2.75, 3.05) is 5.01 Å². The van der Waals surface area contributed by atoms with Crippen LogP contribution in [0.5, 0.6) is 0 Å². The van der Waals surface area contributed by atoms with Crippen molar-refractivity contribution in [3.8, 4) is 0 Å². The summed E-state index contributed by atoms with van der Waals surface area (Å²) in [6.45, 7) is 0. The first kappa shape index (κ1) is 10.5. The molecule has 5 nitrogen and oxygen atoms in total. The van der Waals surface area contributed by atoms with Crippen molar-refractivity contribution in [2.45, 2.75) is 0 Å². The van der Waals surface area contributed by atoms with Crippen LogP contribution in [-0.4, -0.2) is 16.5 Å². The van der Waals surface area contributed by atoms with Gasteiger partial charge in [-0.3, -0.25) is 14.4 Å². The van der Waals surface area contributed by atoms with E-state index in [-0.39, 0.29) is 0 Å². The van der Waals surface area contributed by atoms with Gasteiger partial charge in [0.05, 0.1) is 5.52 Å². The minimum Gasteiger partial charge on any atom is -0.267 e. The molecule has 2 aromatic rings. The summed E-state index contributed by atoms with van der Waals surface area (Å²) < 4.78 is 1.10. The second-order valence-corrected chi connectivity index (χ2v) is 3.86. The molecule has 0 unspecified atom stereocenters. The van der Waals surface area contributed by atoms with E-state index in [1.807, 2.05) is 12.1 Å². The summed E-state index contributed by atoms with van der Waals surface area (Å²) in [5, 5.41) is 1.62. The minimum absolute atomic E-state index is 0.417. The maximum Gasteiger partial charge on any atom is 0.273 e. The molecule has 88 valence electrons. The quantitative estimate of drug-likeness (QED) is 0.684. The lowest BCUT2D eigenvalue weighted by atomic mass is 10.2. The average Bonchev–Trinajstić information content (AvgIpc) is 2.70. The molecule has 5 heteroatoms. The molecule has 1 aliphatic rings. The third-order valence-corrected chi connectivity index (χ3v) is 2.77. The highest BCUT2D eigenvalue weighted by Gasteiger charge is 2.27. The molecule has 1 aromatic heterocycles. The number of fused-ring (bicyclic) bond motifs is 1. The summed E-state index contributed by atoms with van der Waals surface area (Å²) in [5.41, 5.74) is 0.106. The van der Waals surface area contributed by atoms with Crippen LogP contribution in [0, 0.1) is 0 Å². The second kappa shape index (κ2) is 3.66. The number of rotatable bonds is 1. The summed E-state index contributed by atoms with van der Waals surface area (Å²) >= 11 is 0. The Kier molecular flexibility index (Phi) is 2.13. The van der Waals surface area contributed by atoms with Crippen molar-refractivity contribution < 1.29 is 9.59 Å². The van der Waals surface area contributed by atoms with Crippen molar-refractivity contribution in [3.63, 3.8) is 0 Å². The van der Waals surface area contributed by atoms with E-state index in [2.05, 4.69) is 0 Å². The molecule has 1 aliphatic heterocycles. The Morgan fingerprint density at radius 3 is 2.17 bits per heavy atom. The predicted molar refractivity (Wildman–Crippen MR) is 65.6 cm³/mol. The fraction of sp³-hybridized carbons (Fsp3) is 0. The lowest BCUT2D eigenvalue weighted by Gasteiger charge is -2.18. The van der Waals surface area contributed by atoms with Crippen LogP contribution < -0.4 is 10.6 Å². The molecule has 0 spiro atoms. The van der Waals surface area contributed by atoms with Gasteiger partial charge in [0, 0.05) is 23.6 Å². The standard InChI is InChI=1S/C13H8N2O3/c16-11-6-5-9-3-1-2-4-10(9)14(11)15-12(17)7-8-13(15)18/h1-8H. The summed E-state index contributed by atoms with van der Waals surface area (Å²) in [6, 6.07) is 10.1. The highest BCUT2D eigenvalue weighted by molar-refractivity contribution is 6.23. The third-order valence-electron chi connectivity index (χ3n) is 2.77. The Balaban J connectivity index is 2.35. The molecule has 1 aromatic carbocycles. The Labute approximate surface area is 102 Å². The zero-order valence-corrected chi connectivity index (χ0v) is 9.24. The SMILES string of the molecule is O=C1C=CC(=O)N1n1c(=O)ccc2ccccc21. The molecule has 0 saturated carbocycles. The fourth-order valence-electron chi connectivity index (χ4n) is 1.97. The van der Waals surface area contributed by atoms with Gasteiger partial charge < -0.3 is 0 Å². The van der Waals surface area contributed by atoms with Crippen molar-refractivity contribution in [3.05, 3.63) is 58.9 Å². The van der Waals surface area contributed by atoms with Crippen LogP contribution in [-0.2, 0) is 9.59 Å². The number of aromatic nitrogens is 1. The van der Waals surface area contributed by atoms with Crippen LogP contribution in [0.4, 0.5) is 0 Å². The van der Waals surface area contributed by atoms with E-state index in [4.69, 9.17) is 0 Å². The monoisotopic (exact) mass is 240 g/mol. The van der Waals surface area contributed by atoms with Gasteiger partial charge in [0.15, 0.2) is 0 Å². The predicted octanol–water partition coefficient (Wildman–Crippen LogP) is 0.562. The van der Waals surface area contributed by atoms with Gasteiger partial charge in [0.2, 0.25) is 0 Å². The van der Waals surface area contributed by atoms with Gasteiger partial charge in [-0.05, 0) is 12.1 Å². The number of para-hydroxylation sites is 1. The fourth-order valence-corrected chi connectivity index (χ4v) is 1.97. The summed E-state index contributed by atoms with van der Waals surface area (Å²) in [4.78, 5) is 35.2. The maximum atomic E-state index is 11.9. The summed E-state index contributed by atoms with van der Waals surface area (Å²) in [6.07, 6.45) is 2.30. The number of amides is 2. The van der Waals surface area contributed by atoms with E-state index >= 15 is 0 Å². The van der Waals surface area contributed by atoms with E-state index in [1.165, 1.54) is 6.07 Å². The van der Waals surface area contributed by atoms with E-state index in [0.29, 0.717) is 5.52 Å². The van der Waals surface area contributed by atoms with E-state index in [9.17, 15) is 14.4 Å². The van der Waals surface area contributed by atoms with Crippen LogP contribution in [0.25, 0.3) is 10.9 Å². The molecular formula is C13H8N2O3. The number of hydrogen-bond acceptors (Lipinski definition) is 3. The zero-order chi connectivity index (χ0) is 12.7. The normalized spacial score (nSPS) is 14.8. The molecule has 0 bridgehead atoms. The first-order valence-corrected chi connectivity index (χ1v) is 5.36. The summed E-state index contributed by atoms with van der Waals surface area (Å²) in [5.74, 6) is -1.03. The molecule has 18 heavy (non-hydrogen) atoms. The molecule has 2 heterocycles. The Hall–Kier alpha value is -2.69. The Bertz CT molecular complexity index is 740. The molecular weight excluding hydrogens is 232 g/mol. The van der Waals surface area contributed by atoms with E-state index in [0.717, 1.165) is 27.2 Å². The lowest BCUT2D eigenvalue weighted by Crippen LogP contribution is -2.46. The molecule has 3 rings (SSSR count). The van der Waals surface area contributed by atoms with Gasteiger partial charge >= 0.3 is 0 Å². The van der Waals surface area contributed by atoms with Crippen molar-refractivity contribution in [1.82, 2.24) is 4.68 Å². The van der Waals surface area contributed by atoms with Crippen molar-refractivity contribution in [2.24, 2.45) is 0 Å². The number of pyridine rings is 1. The molecule has 0 atom stereocenters. The highest BCUT2D eigenvalue weighted by atomic mass is 16.2. The van der Waals surface area contributed by atoms with Crippen LogP contribution in [0.1, 0.15) is 0 Å². The van der Waals surface area contributed by atoms with Gasteiger partial charge in [-0.25, -0.2) is 4.68 Å². The first-order chi connectivity index (χ1) is 8.68.